The normalized spacial score (nSPS) is 23.4. The molecular weight excluding hydrogens is 472 g/mol. The molecule has 2 fully saturated rings. The van der Waals surface area contributed by atoms with E-state index >= 15 is 0 Å². The van der Waals surface area contributed by atoms with Crippen molar-refractivity contribution in [3.8, 4) is 5.75 Å². The van der Waals surface area contributed by atoms with Crippen LogP contribution in [0, 0.1) is 18.8 Å². The summed E-state index contributed by atoms with van der Waals surface area (Å²) in [5, 5.41) is 7.00. The summed E-state index contributed by atoms with van der Waals surface area (Å²) in [6.45, 7) is 3.76. The van der Waals surface area contributed by atoms with Gasteiger partial charge in [-0.1, -0.05) is 0 Å². The zero-order valence-electron chi connectivity index (χ0n) is 21.7. The Hall–Kier alpha value is -2.87. The number of ether oxygens (including phenoxy) is 2. The molecule has 2 N–H and O–H groups in total. The van der Waals surface area contributed by atoms with E-state index < -0.39 is 0 Å². The SMILES string of the molecule is Cc1c(OCC(=O)NCC2CCC(C(=O)NCC3CCCO3)CC2)ccc2c3c(c(=O)oc12)CCCC3. The Kier molecular flexibility index (Phi) is 8.13. The van der Waals surface area contributed by atoms with Crippen LogP contribution in [0.1, 0.15) is 68.1 Å². The molecule has 0 spiro atoms. The van der Waals surface area contributed by atoms with Crippen molar-refractivity contribution >= 4 is 22.8 Å². The summed E-state index contributed by atoms with van der Waals surface area (Å²) >= 11 is 0. The van der Waals surface area contributed by atoms with Crippen LogP contribution >= 0.6 is 0 Å². The van der Waals surface area contributed by atoms with Crippen molar-refractivity contribution in [3.05, 3.63) is 39.2 Å². The van der Waals surface area contributed by atoms with Crippen LogP contribution in [0.15, 0.2) is 21.3 Å². The van der Waals surface area contributed by atoms with E-state index in [0.717, 1.165) is 92.9 Å². The maximum atomic E-state index is 12.5. The van der Waals surface area contributed by atoms with E-state index in [4.69, 9.17) is 13.9 Å². The first-order valence-electron chi connectivity index (χ1n) is 13.9. The van der Waals surface area contributed by atoms with Crippen molar-refractivity contribution in [2.24, 2.45) is 11.8 Å². The van der Waals surface area contributed by atoms with Crippen molar-refractivity contribution in [1.29, 1.82) is 0 Å². The average molecular weight is 511 g/mol. The highest BCUT2D eigenvalue weighted by Crippen LogP contribution is 2.33. The maximum Gasteiger partial charge on any atom is 0.339 e. The van der Waals surface area contributed by atoms with Gasteiger partial charge in [0, 0.05) is 42.1 Å². The van der Waals surface area contributed by atoms with Gasteiger partial charge < -0.3 is 24.5 Å². The predicted molar refractivity (Wildman–Crippen MR) is 140 cm³/mol. The van der Waals surface area contributed by atoms with Crippen LogP contribution in [-0.2, 0) is 27.2 Å². The molecule has 1 atom stereocenters. The topological polar surface area (TPSA) is 107 Å². The summed E-state index contributed by atoms with van der Waals surface area (Å²) in [4.78, 5) is 37.4. The molecule has 8 nitrogen and oxygen atoms in total. The van der Waals surface area contributed by atoms with Crippen LogP contribution in [0.5, 0.6) is 5.75 Å². The molecule has 0 bridgehead atoms. The Labute approximate surface area is 217 Å². The van der Waals surface area contributed by atoms with Gasteiger partial charge >= 0.3 is 5.63 Å². The van der Waals surface area contributed by atoms with E-state index in [1.165, 1.54) is 0 Å². The smallest absolute Gasteiger partial charge is 0.339 e. The molecule has 200 valence electrons. The molecule has 2 heterocycles. The fourth-order valence-corrected chi connectivity index (χ4v) is 6.03. The lowest BCUT2D eigenvalue weighted by Gasteiger charge is -2.28. The molecule has 1 unspecified atom stereocenters. The lowest BCUT2D eigenvalue weighted by molar-refractivity contribution is -0.127. The summed E-state index contributed by atoms with van der Waals surface area (Å²) in [5.41, 5.74) is 2.95. The highest BCUT2D eigenvalue weighted by molar-refractivity contribution is 5.86. The zero-order chi connectivity index (χ0) is 25.8. The fraction of sp³-hybridized carbons (Fsp3) is 0.621. The molecule has 1 aromatic heterocycles. The van der Waals surface area contributed by atoms with Crippen molar-refractivity contribution < 1.29 is 23.5 Å². The van der Waals surface area contributed by atoms with Gasteiger partial charge in [-0.25, -0.2) is 4.79 Å². The average Bonchev–Trinajstić information content (AvgIpc) is 3.45. The number of hydrogen-bond acceptors (Lipinski definition) is 6. The minimum atomic E-state index is -0.254. The van der Waals surface area contributed by atoms with Gasteiger partial charge in [-0.2, -0.15) is 0 Å². The van der Waals surface area contributed by atoms with E-state index in [-0.39, 0.29) is 36.1 Å². The third-order valence-electron chi connectivity index (χ3n) is 8.28. The molecule has 3 aliphatic rings. The lowest BCUT2D eigenvalue weighted by atomic mass is 9.81. The van der Waals surface area contributed by atoms with Crippen molar-refractivity contribution in [2.75, 3.05) is 26.3 Å². The van der Waals surface area contributed by atoms with Crippen LogP contribution in [0.25, 0.3) is 11.0 Å². The first-order valence-corrected chi connectivity index (χ1v) is 13.9. The maximum absolute atomic E-state index is 12.5. The van der Waals surface area contributed by atoms with E-state index in [2.05, 4.69) is 10.6 Å². The molecule has 1 saturated heterocycles. The number of amides is 2. The Morgan fingerprint density at radius 1 is 0.973 bits per heavy atom. The summed E-state index contributed by atoms with van der Waals surface area (Å²) in [6, 6.07) is 3.81. The number of carbonyl (C=O) groups is 2. The summed E-state index contributed by atoms with van der Waals surface area (Å²) in [6.07, 6.45) is 9.56. The Balaban J connectivity index is 1.07. The van der Waals surface area contributed by atoms with E-state index in [9.17, 15) is 14.4 Å². The second-order valence-corrected chi connectivity index (χ2v) is 10.8. The van der Waals surface area contributed by atoms with Crippen molar-refractivity contribution in [1.82, 2.24) is 10.6 Å². The minimum Gasteiger partial charge on any atom is -0.483 e. The third kappa shape index (κ3) is 6.00. The van der Waals surface area contributed by atoms with E-state index in [0.29, 0.717) is 30.3 Å². The highest BCUT2D eigenvalue weighted by Gasteiger charge is 2.27. The molecule has 2 amide bonds. The van der Waals surface area contributed by atoms with Crippen LogP contribution in [0.3, 0.4) is 0 Å². The van der Waals surface area contributed by atoms with Gasteiger partial charge in [0.15, 0.2) is 6.61 Å². The standard InChI is InChI=1S/C29H38N2O6/c1-18-25(13-12-23-22-6-2-3-7-24(22)29(34)37-27(18)23)36-17-26(32)30-15-19-8-10-20(11-9-19)28(33)31-16-21-5-4-14-35-21/h12-13,19-21H,2-11,14-17H2,1H3,(H,30,32)(H,31,33). The molecule has 5 rings (SSSR count). The van der Waals surface area contributed by atoms with Gasteiger partial charge in [0.05, 0.1) is 6.10 Å². The predicted octanol–water partition coefficient (Wildman–Crippen LogP) is 3.58. The Bertz CT molecular complexity index is 1190. The molecule has 0 radical (unpaired) electrons. The van der Waals surface area contributed by atoms with E-state index in [1.54, 1.807) is 0 Å². The molecule has 2 aromatic rings. The lowest BCUT2D eigenvalue weighted by Crippen LogP contribution is -2.39. The van der Waals surface area contributed by atoms with Crippen LogP contribution in [0.2, 0.25) is 0 Å². The quantitative estimate of drug-likeness (QED) is 0.526. The van der Waals surface area contributed by atoms with Crippen LogP contribution < -0.4 is 21.0 Å². The minimum absolute atomic E-state index is 0.0539. The van der Waals surface area contributed by atoms with E-state index in [1.807, 2.05) is 19.1 Å². The second kappa shape index (κ2) is 11.7. The fourth-order valence-electron chi connectivity index (χ4n) is 6.03. The molecule has 8 heteroatoms. The molecule has 1 aromatic carbocycles. The van der Waals surface area contributed by atoms with Crippen molar-refractivity contribution in [3.63, 3.8) is 0 Å². The number of nitrogens with one attached hydrogen (secondary N) is 2. The number of benzene rings is 1. The summed E-state index contributed by atoms with van der Waals surface area (Å²) in [7, 11) is 0. The van der Waals surface area contributed by atoms with Gasteiger partial charge in [-0.05, 0) is 94.7 Å². The number of rotatable bonds is 8. The van der Waals surface area contributed by atoms with Crippen LogP contribution in [-0.4, -0.2) is 44.2 Å². The second-order valence-electron chi connectivity index (χ2n) is 10.8. The van der Waals surface area contributed by atoms with Gasteiger partial charge in [0.2, 0.25) is 5.91 Å². The first-order chi connectivity index (χ1) is 18.0. The molecule has 37 heavy (non-hydrogen) atoms. The summed E-state index contributed by atoms with van der Waals surface area (Å²) in [5.74, 6) is 0.930. The first kappa shape index (κ1) is 25.8. The molecule has 1 saturated carbocycles. The monoisotopic (exact) mass is 510 g/mol. The van der Waals surface area contributed by atoms with Crippen LogP contribution in [0.4, 0.5) is 0 Å². The van der Waals surface area contributed by atoms with Gasteiger partial charge in [0.1, 0.15) is 11.3 Å². The van der Waals surface area contributed by atoms with Gasteiger partial charge in [0.25, 0.3) is 5.91 Å². The van der Waals surface area contributed by atoms with Gasteiger partial charge in [-0.15, -0.1) is 0 Å². The largest absolute Gasteiger partial charge is 0.483 e. The number of hydrogen-bond donors (Lipinski definition) is 2. The van der Waals surface area contributed by atoms with Crippen molar-refractivity contribution in [2.45, 2.75) is 77.2 Å². The molecule has 1 aliphatic heterocycles. The van der Waals surface area contributed by atoms with Gasteiger partial charge in [-0.3, -0.25) is 9.59 Å². The third-order valence-corrected chi connectivity index (χ3v) is 8.28. The molecule has 2 aliphatic carbocycles. The number of carbonyl (C=O) groups excluding carboxylic acids is 2. The number of fused-ring (bicyclic) bond motifs is 3. The summed E-state index contributed by atoms with van der Waals surface area (Å²) < 4.78 is 17.0. The highest BCUT2D eigenvalue weighted by atomic mass is 16.5. The number of aryl methyl sites for hydroxylation is 2. The molecular formula is C29H38N2O6. The Morgan fingerprint density at radius 3 is 2.51 bits per heavy atom. The Morgan fingerprint density at radius 2 is 1.76 bits per heavy atom. The zero-order valence-corrected chi connectivity index (χ0v) is 21.7.